The summed E-state index contributed by atoms with van der Waals surface area (Å²) in [6.45, 7) is -0.778. The van der Waals surface area contributed by atoms with Gasteiger partial charge in [0.05, 0.1) is 11.9 Å². The van der Waals surface area contributed by atoms with Crippen LogP contribution in [0.4, 0.5) is 0 Å². The Balaban J connectivity index is -0.0000000267. The van der Waals surface area contributed by atoms with E-state index in [0.29, 0.717) is 0 Å². The van der Waals surface area contributed by atoms with Crippen LogP contribution in [0.25, 0.3) is 0 Å². The maximum Gasteiger partial charge on any atom is 2.00 e. The number of hydrogen-bond donors (Lipinski definition) is 2. The van der Waals surface area contributed by atoms with E-state index in [4.69, 9.17) is 19.8 Å². The van der Waals surface area contributed by atoms with Crippen molar-refractivity contribution in [2.45, 2.75) is 0 Å². The first-order valence-corrected chi connectivity index (χ1v) is 2.34. The number of aliphatic carboxylic acids is 2. The molecule has 0 atom stereocenters. The van der Waals surface area contributed by atoms with Gasteiger partial charge in [0.25, 0.3) is 0 Å². The topological polar surface area (TPSA) is 198 Å². The molecule has 0 heterocycles. The first kappa shape index (κ1) is 29.5. The van der Waals surface area contributed by atoms with Gasteiger partial charge in [-0.05, 0) is 0 Å². The fourth-order valence-electron chi connectivity index (χ4n) is 0. The molecule has 0 amide bonds. The molecule has 0 aromatic carbocycles. The zero-order valence-corrected chi connectivity index (χ0v) is 7.66. The van der Waals surface area contributed by atoms with E-state index in [-0.39, 0.29) is 40.5 Å². The van der Waals surface area contributed by atoms with Gasteiger partial charge in [0.2, 0.25) is 0 Å². The third kappa shape index (κ3) is 90.5. The summed E-state index contributed by atoms with van der Waals surface area (Å²) in [4.78, 5) is 18.3. The molecule has 0 radical (unpaired) electrons. The largest absolute Gasteiger partial charge is 2.00 e. The van der Waals surface area contributed by atoms with Gasteiger partial charge in [-0.25, -0.2) is 0 Å². The van der Waals surface area contributed by atoms with Crippen LogP contribution in [0, 0.1) is 0 Å². The fourth-order valence-corrected chi connectivity index (χ4v) is 0. The second-order valence-electron chi connectivity index (χ2n) is 1.15. The number of nitrogens with two attached hydrogens (primary N) is 2. The molecule has 0 rings (SSSR count). The van der Waals surface area contributed by atoms with Crippen molar-refractivity contribution in [1.29, 1.82) is 0 Å². The summed E-state index contributed by atoms with van der Waals surface area (Å²) in [5.74, 6) is -2.44. The van der Waals surface area contributed by atoms with Gasteiger partial charge in [-0.1, -0.05) is 0 Å². The molecule has 0 bridgehead atoms. The second kappa shape index (κ2) is 22.5. The van der Waals surface area contributed by atoms with Crippen LogP contribution in [0.2, 0.25) is 0 Å². The standard InChI is InChI=1S/2C2H5NO2.Ni.2H2O/c2*3-1-2(4)5;;;/h2*1,3H2,(H,4,5);;2*1H2/q;;+2;;. The number of rotatable bonds is 2. The number of carbonyl (C=O) groups excluding carboxylic acids is 2. The predicted octanol–water partition coefficient (Wildman–Crippen LogP) is -6.46. The Bertz CT molecular complexity index is 107. The molecule has 0 unspecified atom stereocenters. The third-order valence-electron chi connectivity index (χ3n) is 0.333. The van der Waals surface area contributed by atoms with Crippen LogP contribution in [0.1, 0.15) is 0 Å². The molecule has 0 fully saturated rings. The quantitative estimate of drug-likeness (QED) is 0.357. The zero-order valence-electron chi connectivity index (χ0n) is 6.67. The van der Waals surface area contributed by atoms with Crippen molar-refractivity contribution in [3.05, 3.63) is 0 Å². The van der Waals surface area contributed by atoms with Gasteiger partial charge in [0, 0.05) is 13.1 Å². The van der Waals surface area contributed by atoms with Crippen LogP contribution in [-0.2, 0) is 37.0 Å². The second-order valence-corrected chi connectivity index (χ2v) is 1.15. The summed E-state index contributed by atoms with van der Waals surface area (Å²) in [5.41, 5.74) is 9.02. The van der Waals surface area contributed by atoms with Gasteiger partial charge >= 0.3 is 16.5 Å². The van der Waals surface area contributed by atoms with Crippen LogP contribution in [0.5, 0.6) is 0 Å². The van der Waals surface area contributed by atoms with E-state index >= 15 is 0 Å². The normalized spacial score (nSPS) is 5.69. The molecular weight excluding hydrogens is 231 g/mol. The SMILES string of the molecule is NCC(=O)[O-].NCC(=O)[O-].[Ni+2].[OH3+].[OH3+]. The molecule has 0 aromatic heterocycles. The first-order valence-electron chi connectivity index (χ1n) is 2.34. The Morgan fingerprint density at radius 2 is 1.00 bits per heavy atom. The number of carboxylic acid groups (broad SMARTS) is 2. The molecule has 0 saturated carbocycles. The van der Waals surface area contributed by atoms with Gasteiger partial charge in [0.15, 0.2) is 0 Å². The minimum Gasteiger partial charge on any atom is -0.549 e. The van der Waals surface area contributed by atoms with E-state index < -0.39 is 11.9 Å². The Hall–Kier alpha value is -0.726. The van der Waals surface area contributed by atoms with Gasteiger partial charge in [-0.2, -0.15) is 0 Å². The minimum atomic E-state index is -1.22. The summed E-state index contributed by atoms with van der Waals surface area (Å²) in [7, 11) is 0. The Morgan fingerprint density at radius 3 is 1.00 bits per heavy atom. The van der Waals surface area contributed by atoms with Crippen LogP contribution >= 0.6 is 0 Å². The molecule has 0 aliphatic rings. The fraction of sp³-hybridized carbons (Fsp3) is 0.500. The molecule has 0 saturated heterocycles. The summed E-state index contributed by atoms with van der Waals surface area (Å²) in [6.07, 6.45) is 0. The molecule has 0 spiro atoms. The average molecular weight is 245 g/mol. The van der Waals surface area contributed by atoms with Crippen LogP contribution < -0.4 is 21.7 Å². The predicted molar refractivity (Wildman–Crippen MR) is 37.9 cm³/mol. The smallest absolute Gasteiger partial charge is 0.549 e. The van der Waals surface area contributed by atoms with Crippen molar-refractivity contribution in [3.63, 3.8) is 0 Å². The molecule has 0 aliphatic carbocycles. The molecule has 10 N–H and O–H groups in total. The van der Waals surface area contributed by atoms with Crippen LogP contribution in [0.15, 0.2) is 0 Å². The summed E-state index contributed by atoms with van der Waals surface area (Å²) >= 11 is 0. The third-order valence-corrected chi connectivity index (χ3v) is 0.333. The van der Waals surface area contributed by atoms with Gasteiger partial charge in [-0.3, -0.25) is 0 Å². The van der Waals surface area contributed by atoms with E-state index in [0.717, 1.165) is 0 Å². The Morgan fingerprint density at radius 1 is 0.923 bits per heavy atom. The van der Waals surface area contributed by atoms with Gasteiger partial charge in [-0.15, -0.1) is 0 Å². The minimum absolute atomic E-state index is 0. The van der Waals surface area contributed by atoms with E-state index in [9.17, 15) is 0 Å². The molecule has 8 nitrogen and oxygen atoms in total. The van der Waals surface area contributed by atoms with Crippen molar-refractivity contribution >= 4 is 11.9 Å². The average Bonchev–Trinajstić information content (AvgIpc) is 1.89. The molecule has 13 heavy (non-hydrogen) atoms. The number of carboxylic acids is 2. The van der Waals surface area contributed by atoms with Gasteiger partial charge in [0.1, 0.15) is 0 Å². The van der Waals surface area contributed by atoms with Crippen molar-refractivity contribution < 1.29 is 47.2 Å². The van der Waals surface area contributed by atoms with Crippen LogP contribution in [0.3, 0.4) is 0 Å². The summed E-state index contributed by atoms with van der Waals surface area (Å²) in [5, 5.41) is 18.3. The monoisotopic (exact) mass is 244 g/mol. The summed E-state index contributed by atoms with van der Waals surface area (Å²) < 4.78 is 0. The van der Waals surface area contributed by atoms with E-state index in [1.807, 2.05) is 0 Å². The molecule has 9 heteroatoms. The number of hydrogen-bond acceptors (Lipinski definition) is 6. The Labute approximate surface area is 84.4 Å². The van der Waals surface area contributed by atoms with Crippen LogP contribution in [-0.4, -0.2) is 25.0 Å². The zero-order chi connectivity index (χ0) is 8.57. The van der Waals surface area contributed by atoms with Crippen molar-refractivity contribution in [2.24, 2.45) is 11.5 Å². The molecule has 0 aromatic rings. The first-order chi connectivity index (χ1) is 4.54. The Kier molecular flexibility index (Phi) is 51.0. The van der Waals surface area contributed by atoms with E-state index in [1.165, 1.54) is 0 Å². The molecular formula is C4H14N2NiO6+2. The van der Waals surface area contributed by atoms with Crippen molar-refractivity contribution in [3.8, 4) is 0 Å². The molecule has 84 valence electrons. The van der Waals surface area contributed by atoms with E-state index in [1.54, 1.807) is 0 Å². The van der Waals surface area contributed by atoms with Crippen molar-refractivity contribution in [1.82, 2.24) is 0 Å². The molecule has 0 aliphatic heterocycles. The van der Waals surface area contributed by atoms with Crippen molar-refractivity contribution in [2.75, 3.05) is 13.1 Å². The summed E-state index contributed by atoms with van der Waals surface area (Å²) in [6, 6.07) is 0. The van der Waals surface area contributed by atoms with E-state index in [2.05, 4.69) is 11.5 Å². The maximum absolute atomic E-state index is 9.13. The number of carbonyl (C=O) groups is 2. The maximum atomic E-state index is 9.13. The van der Waals surface area contributed by atoms with Gasteiger partial charge < -0.3 is 42.2 Å².